The number of pyridine rings is 1. The molecular formula is C18H23N9O2. The molecule has 0 spiro atoms. The van der Waals surface area contributed by atoms with Crippen molar-refractivity contribution in [1.29, 1.82) is 0 Å². The Bertz CT molecular complexity index is 987. The Hall–Kier alpha value is -3.76. The summed E-state index contributed by atoms with van der Waals surface area (Å²) in [6.07, 6.45) is 4.68. The minimum Gasteiger partial charge on any atom is -0.362 e. The third-order valence-electron chi connectivity index (χ3n) is 4.38. The molecule has 0 saturated heterocycles. The van der Waals surface area contributed by atoms with Gasteiger partial charge in [0.15, 0.2) is 5.82 Å². The molecule has 1 aliphatic rings. The van der Waals surface area contributed by atoms with Gasteiger partial charge in [-0.15, -0.1) is 0 Å². The van der Waals surface area contributed by atoms with Gasteiger partial charge in [0.2, 0.25) is 0 Å². The van der Waals surface area contributed by atoms with Crippen LogP contribution in [0.2, 0.25) is 0 Å². The summed E-state index contributed by atoms with van der Waals surface area (Å²) >= 11 is 0. The molecule has 0 fully saturated rings. The molecule has 152 valence electrons. The van der Waals surface area contributed by atoms with Crippen molar-refractivity contribution in [3.63, 3.8) is 0 Å². The van der Waals surface area contributed by atoms with Gasteiger partial charge in [0.1, 0.15) is 17.2 Å². The Labute approximate surface area is 167 Å². The maximum atomic E-state index is 11.1. The van der Waals surface area contributed by atoms with Gasteiger partial charge in [-0.25, -0.2) is 15.0 Å². The van der Waals surface area contributed by atoms with Crippen molar-refractivity contribution in [2.75, 3.05) is 22.6 Å². The maximum Gasteiger partial charge on any atom is 0.326 e. The molecule has 1 atom stereocenters. The lowest BCUT2D eigenvalue weighted by atomic mass is 10.2. The number of allylic oxidation sites excluding steroid dienone is 1. The van der Waals surface area contributed by atoms with Crippen molar-refractivity contribution in [3.8, 4) is 0 Å². The smallest absolute Gasteiger partial charge is 0.326 e. The molecule has 0 radical (unpaired) electrons. The zero-order chi connectivity index (χ0) is 21.1. The third-order valence-corrected chi connectivity index (χ3v) is 4.38. The van der Waals surface area contributed by atoms with Crippen LogP contribution < -0.4 is 21.3 Å². The Balaban J connectivity index is 1.92. The molecule has 4 N–H and O–H groups in total. The van der Waals surface area contributed by atoms with Crippen LogP contribution in [-0.4, -0.2) is 45.3 Å². The van der Waals surface area contributed by atoms with Crippen LogP contribution >= 0.6 is 0 Å². The van der Waals surface area contributed by atoms with Crippen molar-refractivity contribution in [1.82, 2.24) is 15.0 Å². The van der Waals surface area contributed by atoms with E-state index in [9.17, 15) is 10.1 Å². The van der Waals surface area contributed by atoms with Crippen LogP contribution in [0.5, 0.6) is 0 Å². The molecule has 0 bridgehead atoms. The highest BCUT2D eigenvalue weighted by Gasteiger charge is 2.28. The van der Waals surface area contributed by atoms with E-state index in [1.54, 1.807) is 12.3 Å². The fourth-order valence-electron chi connectivity index (χ4n) is 3.22. The van der Waals surface area contributed by atoms with Crippen LogP contribution in [0, 0.1) is 10.1 Å². The second-order valence-corrected chi connectivity index (χ2v) is 6.74. The van der Waals surface area contributed by atoms with Crippen molar-refractivity contribution in [3.05, 3.63) is 46.3 Å². The largest absolute Gasteiger partial charge is 0.362 e. The lowest BCUT2D eigenvalue weighted by Gasteiger charge is -2.28. The fraction of sp³-hybridized carbons (Fsp3) is 0.333. The number of nitrogens with one attached hydrogen (secondary N) is 2. The number of hydrogen-bond acceptors (Lipinski definition) is 10. The van der Waals surface area contributed by atoms with Crippen molar-refractivity contribution >= 4 is 34.8 Å². The van der Waals surface area contributed by atoms with Crippen LogP contribution in [0.1, 0.15) is 26.6 Å². The third kappa shape index (κ3) is 4.08. The van der Waals surface area contributed by atoms with Crippen LogP contribution in [0.15, 0.2) is 35.3 Å². The van der Waals surface area contributed by atoms with Gasteiger partial charge in [-0.3, -0.25) is 10.7 Å². The van der Waals surface area contributed by atoms with Crippen molar-refractivity contribution in [2.24, 2.45) is 10.7 Å². The second-order valence-electron chi connectivity index (χ2n) is 6.74. The maximum absolute atomic E-state index is 11.1. The van der Waals surface area contributed by atoms with Gasteiger partial charge < -0.3 is 25.6 Å². The molecule has 1 aliphatic heterocycles. The number of hydrogen-bond donors (Lipinski definition) is 3. The molecule has 0 aliphatic carbocycles. The summed E-state index contributed by atoms with van der Waals surface area (Å²) in [5.74, 6) is 0.536. The molecule has 2 aromatic heterocycles. The number of anilines is 4. The highest BCUT2D eigenvalue weighted by Crippen LogP contribution is 2.37. The summed E-state index contributed by atoms with van der Waals surface area (Å²) in [5.41, 5.74) is 7.60. The van der Waals surface area contributed by atoms with Crippen LogP contribution in [-0.2, 0) is 0 Å². The molecule has 11 heteroatoms. The fourth-order valence-corrected chi connectivity index (χ4v) is 3.22. The van der Waals surface area contributed by atoms with E-state index >= 15 is 0 Å². The quantitative estimate of drug-likeness (QED) is 0.379. The molecule has 0 amide bonds. The SMILES string of the molecule is CN=CC(=C(N)[N+](=O)[O-])c1nccc(Nc2cc3c(cn2)NC(C)N3C(C)C)n1. The van der Waals surface area contributed by atoms with E-state index in [1.165, 1.54) is 19.5 Å². The van der Waals surface area contributed by atoms with Crippen LogP contribution in [0.4, 0.5) is 23.0 Å². The number of rotatable bonds is 6. The van der Waals surface area contributed by atoms with E-state index < -0.39 is 10.7 Å². The highest BCUT2D eigenvalue weighted by atomic mass is 16.6. The molecule has 29 heavy (non-hydrogen) atoms. The van der Waals surface area contributed by atoms with Gasteiger partial charge in [-0.1, -0.05) is 0 Å². The number of nitrogens with zero attached hydrogens (tertiary/aromatic N) is 6. The van der Waals surface area contributed by atoms with E-state index in [1.807, 2.05) is 6.07 Å². The summed E-state index contributed by atoms with van der Waals surface area (Å²) < 4.78 is 0. The first-order valence-electron chi connectivity index (χ1n) is 9.03. The first-order chi connectivity index (χ1) is 13.8. The summed E-state index contributed by atoms with van der Waals surface area (Å²) in [4.78, 5) is 29.2. The summed E-state index contributed by atoms with van der Waals surface area (Å²) in [7, 11) is 1.49. The standard InChI is InChI=1S/C18H23N9O2/c1-10(2)26-11(3)23-13-9-22-16(7-14(13)26)24-15-5-6-21-18(25-15)12(8-20-4)17(19)27(28)29/h5-11,23H,19H2,1-4H3,(H,21,22,24,25). The summed E-state index contributed by atoms with van der Waals surface area (Å²) in [6.45, 7) is 6.34. The van der Waals surface area contributed by atoms with Crippen LogP contribution in [0.3, 0.4) is 0 Å². The van der Waals surface area contributed by atoms with Crippen molar-refractivity contribution in [2.45, 2.75) is 33.0 Å². The topological polar surface area (TPSA) is 147 Å². The van der Waals surface area contributed by atoms with E-state index in [0.29, 0.717) is 17.7 Å². The lowest BCUT2D eigenvalue weighted by Crippen LogP contribution is -2.38. The zero-order valence-corrected chi connectivity index (χ0v) is 16.6. The van der Waals surface area contributed by atoms with Gasteiger partial charge in [-0.2, -0.15) is 0 Å². The van der Waals surface area contributed by atoms with Crippen molar-refractivity contribution < 1.29 is 4.92 Å². The predicted octanol–water partition coefficient (Wildman–Crippen LogP) is 2.21. The van der Waals surface area contributed by atoms with E-state index in [2.05, 4.69) is 56.2 Å². The second kappa shape index (κ2) is 8.09. The lowest BCUT2D eigenvalue weighted by molar-refractivity contribution is -0.425. The Morgan fingerprint density at radius 1 is 1.45 bits per heavy atom. The van der Waals surface area contributed by atoms with E-state index in [4.69, 9.17) is 5.73 Å². The number of aromatic nitrogens is 3. The molecule has 0 aromatic carbocycles. The minimum absolute atomic E-state index is 0.0343. The Morgan fingerprint density at radius 3 is 2.86 bits per heavy atom. The van der Waals surface area contributed by atoms with Gasteiger partial charge in [0.05, 0.1) is 23.7 Å². The first kappa shape index (κ1) is 20.0. The van der Waals surface area contributed by atoms with Gasteiger partial charge in [-0.05, 0) is 31.8 Å². The number of fused-ring (bicyclic) bond motifs is 1. The Morgan fingerprint density at radius 2 is 2.21 bits per heavy atom. The van der Waals surface area contributed by atoms with E-state index in [-0.39, 0.29) is 17.6 Å². The molecule has 3 heterocycles. The molecule has 0 saturated carbocycles. The molecular weight excluding hydrogens is 374 g/mol. The number of nitrogens with two attached hydrogens (primary N) is 1. The molecule has 3 rings (SSSR count). The Kier molecular flexibility index (Phi) is 5.57. The number of aliphatic imine (C=N–C) groups is 1. The molecule has 11 nitrogen and oxygen atoms in total. The molecule has 2 aromatic rings. The normalized spacial score (nSPS) is 16.6. The minimum atomic E-state index is -0.697. The average molecular weight is 397 g/mol. The number of nitro groups is 1. The predicted molar refractivity (Wildman–Crippen MR) is 113 cm³/mol. The zero-order valence-electron chi connectivity index (χ0n) is 16.6. The monoisotopic (exact) mass is 397 g/mol. The first-order valence-corrected chi connectivity index (χ1v) is 9.03. The van der Waals surface area contributed by atoms with Gasteiger partial charge >= 0.3 is 5.82 Å². The summed E-state index contributed by atoms with van der Waals surface area (Å²) in [6, 6.07) is 3.89. The van der Waals surface area contributed by atoms with E-state index in [0.717, 1.165) is 11.4 Å². The average Bonchev–Trinajstić information content (AvgIpc) is 3.01. The highest BCUT2D eigenvalue weighted by molar-refractivity contribution is 6.08. The molecule has 1 unspecified atom stereocenters. The summed E-state index contributed by atoms with van der Waals surface area (Å²) in [5, 5.41) is 17.6. The van der Waals surface area contributed by atoms with Gasteiger partial charge in [0, 0.05) is 31.6 Å². The van der Waals surface area contributed by atoms with Gasteiger partial charge in [0.25, 0.3) is 0 Å². The van der Waals surface area contributed by atoms with Crippen LogP contribution in [0.25, 0.3) is 5.57 Å².